The van der Waals surface area contributed by atoms with E-state index in [-0.39, 0.29) is 0 Å². The summed E-state index contributed by atoms with van der Waals surface area (Å²) in [6.45, 7) is 18.7. The Morgan fingerprint density at radius 2 is 0.938 bits per heavy atom. The third kappa shape index (κ3) is 11.3. The van der Waals surface area contributed by atoms with Crippen LogP contribution in [0.4, 0.5) is 0 Å². The van der Waals surface area contributed by atoms with Crippen molar-refractivity contribution in [3.05, 3.63) is 35.9 Å². The molecule has 0 unspecified atom stereocenters. The lowest BCUT2D eigenvalue weighted by Crippen LogP contribution is -2.10. The third-order valence-corrected chi connectivity index (χ3v) is 1.64. The maximum absolute atomic E-state index is 2.22. The molecule has 0 saturated heterocycles. The van der Waals surface area contributed by atoms with E-state index in [0.717, 1.165) is 0 Å². The van der Waals surface area contributed by atoms with Gasteiger partial charge >= 0.3 is 0 Å². The molecule has 0 aliphatic rings. The average molecular weight is 224 g/mol. The van der Waals surface area contributed by atoms with Gasteiger partial charge < -0.3 is 0 Å². The summed E-state index contributed by atoms with van der Waals surface area (Å²) in [6, 6.07) is 10.6. The highest BCUT2D eigenvalue weighted by atomic mass is 14.2. The van der Waals surface area contributed by atoms with Crippen molar-refractivity contribution in [3.63, 3.8) is 0 Å². The lowest BCUT2D eigenvalue weighted by molar-refractivity contribution is 0.590. The highest BCUT2D eigenvalue weighted by Gasteiger charge is 2.11. The molecule has 0 aliphatic heterocycles. The predicted molar refractivity (Wildman–Crippen MR) is 79.2 cm³/mol. The van der Waals surface area contributed by atoms with Crippen molar-refractivity contribution >= 4 is 0 Å². The van der Waals surface area contributed by atoms with Crippen LogP contribution >= 0.6 is 0 Å². The molecule has 0 amide bonds. The summed E-state index contributed by atoms with van der Waals surface area (Å²) >= 11 is 0. The van der Waals surface area contributed by atoms with Crippen LogP contribution in [0.2, 0.25) is 0 Å². The number of rotatable bonds is 0. The summed E-state index contributed by atoms with van der Waals surface area (Å²) in [5.41, 5.74) is 1.69. The molecule has 1 aromatic carbocycles. The Labute approximate surface area is 104 Å². The van der Waals surface area contributed by atoms with E-state index in [0.29, 0.717) is 5.41 Å². The van der Waals surface area contributed by atoms with E-state index in [1.807, 2.05) is 41.5 Å². The number of hydrogen-bond acceptors (Lipinski definition) is 0. The Morgan fingerprint density at radius 1 is 0.625 bits per heavy atom. The molecular formula is C16H32. The zero-order chi connectivity index (χ0) is 13.6. The van der Waals surface area contributed by atoms with E-state index in [1.54, 1.807) is 0 Å². The fraction of sp³-hybridized carbons (Fsp3) is 0.625. The fourth-order valence-corrected chi connectivity index (χ4v) is 0.938. The average Bonchev–Trinajstić information content (AvgIpc) is 2.37. The van der Waals surface area contributed by atoms with Crippen LogP contribution in [0.15, 0.2) is 30.3 Å². The van der Waals surface area contributed by atoms with Gasteiger partial charge in [0.2, 0.25) is 0 Å². The van der Waals surface area contributed by atoms with E-state index in [4.69, 9.17) is 0 Å². The smallest absolute Gasteiger partial charge is 0.0132 e. The Balaban J connectivity index is -0.000000245. The first-order valence-electron chi connectivity index (χ1n) is 6.66. The van der Waals surface area contributed by atoms with Gasteiger partial charge in [-0.05, 0) is 11.0 Å². The second-order valence-electron chi connectivity index (χ2n) is 3.62. The van der Waals surface area contributed by atoms with Crippen LogP contribution in [0.25, 0.3) is 0 Å². The number of hydrogen-bond donors (Lipinski definition) is 0. The molecule has 0 atom stereocenters. The van der Waals surface area contributed by atoms with Crippen molar-refractivity contribution in [2.75, 3.05) is 0 Å². The fourth-order valence-electron chi connectivity index (χ4n) is 0.938. The quantitative estimate of drug-likeness (QED) is 0.502. The highest BCUT2D eigenvalue weighted by molar-refractivity contribution is 5.21. The van der Waals surface area contributed by atoms with Crippen LogP contribution in [0.3, 0.4) is 0 Å². The Kier molecular flexibility index (Phi) is 18.3. The Hall–Kier alpha value is -0.780. The lowest BCUT2D eigenvalue weighted by Gasteiger charge is -2.18. The summed E-state index contributed by atoms with van der Waals surface area (Å²) in [5.74, 6) is 0. The molecule has 0 aromatic heterocycles. The molecule has 0 N–H and O–H groups in total. The van der Waals surface area contributed by atoms with Crippen LogP contribution in [-0.2, 0) is 5.41 Å². The van der Waals surface area contributed by atoms with Crippen molar-refractivity contribution in [1.29, 1.82) is 0 Å². The molecule has 0 fully saturated rings. The normalized spacial score (nSPS) is 8.31. The van der Waals surface area contributed by atoms with Crippen molar-refractivity contribution in [3.8, 4) is 0 Å². The maximum Gasteiger partial charge on any atom is -0.0132 e. The monoisotopic (exact) mass is 224 g/mol. The van der Waals surface area contributed by atoms with Gasteiger partial charge in [0.25, 0.3) is 0 Å². The zero-order valence-electron chi connectivity index (χ0n) is 12.9. The van der Waals surface area contributed by atoms with Gasteiger partial charge in [-0.2, -0.15) is 0 Å². The van der Waals surface area contributed by atoms with Crippen molar-refractivity contribution in [1.82, 2.24) is 0 Å². The Morgan fingerprint density at radius 3 is 1.12 bits per heavy atom. The zero-order valence-corrected chi connectivity index (χ0v) is 12.9. The topological polar surface area (TPSA) is 0 Å². The van der Waals surface area contributed by atoms with Gasteiger partial charge in [0, 0.05) is 0 Å². The molecule has 1 rings (SSSR count). The molecule has 0 nitrogen and oxygen atoms in total. The first-order valence-corrected chi connectivity index (χ1v) is 6.66. The summed E-state index contributed by atoms with van der Waals surface area (Å²) in [4.78, 5) is 0. The molecule has 0 bridgehead atoms. The third-order valence-electron chi connectivity index (χ3n) is 1.64. The number of benzene rings is 1. The first-order chi connectivity index (χ1) is 7.61. The summed E-state index contributed by atoms with van der Waals surface area (Å²) in [5, 5.41) is 0. The first kappa shape index (κ1) is 20.6. The van der Waals surface area contributed by atoms with E-state index < -0.39 is 0 Å². The van der Waals surface area contributed by atoms with Crippen LogP contribution in [0, 0.1) is 0 Å². The van der Waals surface area contributed by atoms with E-state index in [2.05, 4.69) is 51.1 Å². The van der Waals surface area contributed by atoms with Gasteiger partial charge in [0.15, 0.2) is 0 Å². The van der Waals surface area contributed by atoms with Crippen LogP contribution in [0.1, 0.15) is 67.9 Å². The predicted octanol–water partition coefficient (Wildman–Crippen LogP) is 6.06. The maximum atomic E-state index is 2.22. The molecular weight excluding hydrogens is 192 g/mol. The van der Waals surface area contributed by atoms with Crippen LogP contribution in [-0.4, -0.2) is 0 Å². The summed E-state index contributed by atoms with van der Waals surface area (Å²) in [6.07, 6.45) is 0. The van der Waals surface area contributed by atoms with Gasteiger partial charge in [-0.1, -0.05) is 92.6 Å². The molecule has 0 radical (unpaired) electrons. The molecule has 96 valence electrons. The molecule has 1 aromatic rings. The van der Waals surface area contributed by atoms with E-state index in [1.165, 1.54) is 5.56 Å². The minimum absolute atomic E-state index is 0.293. The minimum Gasteiger partial charge on any atom is -0.0683 e. The molecule has 0 heterocycles. The molecule has 0 saturated carbocycles. The molecule has 16 heavy (non-hydrogen) atoms. The summed E-state index contributed by atoms with van der Waals surface area (Å²) in [7, 11) is 0. The summed E-state index contributed by atoms with van der Waals surface area (Å²) < 4.78 is 0. The molecule has 0 aliphatic carbocycles. The highest BCUT2D eigenvalue weighted by Crippen LogP contribution is 2.20. The van der Waals surface area contributed by atoms with E-state index in [9.17, 15) is 0 Å². The van der Waals surface area contributed by atoms with Crippen LogP contribution < -0.4 is 0 Å². The second kappa shape index (κ2) is 14.2. The minimum atomic E-state index is 0.293. The van der Waals surface area contributed by atoms with Gasteiger partial charge in [-0.25, -0.2) is 0 Å². The van der Waals surface area contributed by atoms with Gasteiger partial charge in [0.1, 0.15) is 0 Å². The lowest BCUT2D eigenvalue weighted by atomic mass is 9.87. The SMILES string of the molecule is CC.CC.CC.CC(C)(C)c1ccccc1. The van der Waals surface area contributed by atoms with Crippen molar-refractivity contribution in [2.24, 2.45) is 0 Å². The second-order valence-corrected chi connectivity index (χ2v) is 3.62. The van der Waals surface area contributed by atoms with Crippen molar-refractivity contribution < 1.29 is 0 Å². The van der Waals surface area contributed by atoms with Gasteiger partial charge in [0.05, 0.1) is 0 Å². The van der Waals surface area contributed by atoms with Gasteiger partial charge in [-0.3, -0.25) is 0 Å². The largest absolute Gasteiger partial charge is 0.0683 e. The van der Waals surface area contributed by atoms with Crippen LogP contribution in [0.5, 0.6) is 0 Å². The molecule has 0 heteroatoms. The molecule has 0 spiro atoms. The van der Waals surface area contributed by atoms with Crippen molar-refractivity contribution in [2.45, 2.75) is 67.7 Å². The standard InChI is InChI=1S/C10H14.3C2H6/c1-10(2,3)9-7-5-4-6-8-9;3*1-2/h4-8H,1-3H3;3*1-2H3. The van der Waals surface area contributed by atoms with Gasteiger partial charge in [-0.15, -0.1) is 0 Å². The van der Waals surface area contributed by atoms with E-state index >= 15 is 0 Å². The Bertz CT molecular complexity index is 191.